The molecule has 0 fully saturated rings. The summed E-state index contributed by atoms with van der Waals surface area (Å²) in [6.07, 6.45) is 6.20. The molecule has 1 aliphatic heterocycles. The van der Waals surface area contributed by atoms with Crippen LogP contribution in [0.3, 0.4) is 0 Å². The van der Waals surface area contributed by atoms with Crippen molar-refractivity contribution in [3.8, 4) is 0 Å². The van der Waals surface area contributed by atoms with Crippen molar-refractivity contribution in [2.75, 3.05) is 0 Å². The molecule has 0 aliphatic carbocycles. The molecule has 1 unspecified atom stereocenters. The summed E-state index contributed by atoms with van der Waals surface area (Å²) >= 11 is 0. The van der Waals surface area contributed by atoms with Crippen LogP contribution >= 0.6 is 0 Å². The Morgan fingerprint density at radius 2 is 2.42 bits per heavy atom. The van der Waals surface area contributed by atoms with Crippen LogP contribution < -0.4 is 0 Å². The van der Waals surface area contributed by atoms with Gasteiger partial charge in [-0.25, -0.2) is 0 Å². The third kappa shape index (κ3) is 1.28. The Hall–Kier alpha value is -0.720. The van der Waals surface area contributed by atoms with Gasteiger partial charge >= 0.3 is 0 Å². The fourth-order valence-corrected chi connectivity index (χ4v) is 2.23. The summed E-state index contributed by atoms with van der Waals surface area (Å²) in [5.41, 5.74) is 1.53. The molecule has 0 saturated carbocycles. The van der Waals surface area contributed by atoms with Crippen molar-refractivity contribution in [3.63, 3.8) is 0 Å². The lowest BCUT2D eigenvalue weighted by atomic mass is 10.0. The van der Waals surface area contributed by atoms with Gasteiger partial charge < -0.3 is 4.57 Å². The molecule has 1 heteroatoms. The molecule has 66 valence electrons. The van der Waals surface area contributed by atoms with Gasteiger partial charge in [0.2, 0.25) is 0 Å². The Morgan fingerprint density at radius 3 is 3.17 bits per heavy atom. The van der Waals surface area contributed by atoms with Crippen molar-refractivity contribution in [3.05, 3.63) is 24.0 Å². The first-order valence-electron chi connectivity index (χ1n) is 4.93. The quantitative estimate of drug-likeness (QED) is 0.631. The Balaban J connectivity index is 2.12. The van der Waals surface area contributed by atoms with Gasteiger partial charge in [0.25, 0.3) is 0 Å². The summed E-state index contributed by atoms with van der Waals surface area (Å²) in [5, 5.41) is 0. The minimum absolute atomic E-state index is 0.787. The predicted molar refractivity (Wildman–Crippen MR) is 51.2 cm³/mol. The zero-order valence-corrected chi connectivity index (χ0v) is 7.96. The van der Waals surface area contributed by atoms with E-state index >= 15 is 0 Å². The molecule has 1 aliphatic rings. The van der Waals surface area contributed by atoms with E-state index in [2.05, 4.69) is 36.7 Å². The molecule has 2 rings (SSSR count). The standard InChI is InChI=1S/C11H17N/c1-9(2)8-11-6-5-10-4-3-7-12(10)11/h3-4,7,9,11H,5-6,8H2,1-2H3. The van der Waals surface area contributed by atoms with Crippen LogP contribution in [0.4, 0.5) is 0 Å². The van der Waals surface area contributed by atoms with Crippen LogP contribution in [-0.2, 0) is 6.42 Å². The SMILES string of the molecule is CC(C)CC1CCc2cccn21. The summed E-state index contributed by atoms with van der Waals surface area (Å²) < 4.78 is 2.46. The van der Waals surface area contributed by atoms with E-state index in [1.54, 1.807) is 0 Å². The van der Waals surface area contributed by atoms with Gasteiger partial charge in [-0.1, -0.05) is 13.8 Å². The van der Waals surface area contributed by atoms with E-state index in [9.17, 15) is 0 Å². The van der Waals surface area contributed by atoms with Crippen molar-refractivity contribution < 1.29 is 0 Å². The Morgan fingerprint density at radius 1 is 1.58 bits per heavy atom. The maximum Gasteiger partial charge on any atom is 0.0339 e. The van der Waals surface area contributed by atoms with Crippen molar-refractivity contribution in [2.45, 2.75) is 39.2 Å². The lowest BCUT2D eigenvalue weighted by molar-refractivity contribution is 0.415. The molecule has 2 heterocycles. The summed E-state index contributed by atoms with van der Waals surface area (Å²) in [4.78, 5) is 0. The number of aryl methyl sites for hydroxylation is 1. The highest BCUT2D eigenvalue weighted by Crippen LogP contribution is 2.30. The predicted octanol–water partition coefficient (Wildman–Crippen LogP) is 3.02. The molecule has 0 bridgehead atoms. The fraction of sp³-hybridized carbons (Fsp3) is 0.636. The van der Waals surface area contributed by atoms with Gasteiger partial charge in [0.1, 0.15) is 0 Å². The van der Waals surface area contributed by atoms with Crippen LogP contribution in [0.15, 0.2) is 18.3 Å². The van der Waals surface area contributed by atoms with Gasteiger partial charge in [0.15, 0.2) is 0 Å². The molecule has 0 N–H and O–H groups in total. The van der Waals surface area contributed by atoms with Crippen LogP contribution in [-0.4, -0.2) is 4.57 Å². The van der Waals surface area contributed by atoms with Crippen LogP contribution in [0.2, 0.25) is 0 Å². The smallest absolute Gasteiger partial charge is 0.0339 e. The second kappa shape index (κ2) is 2.96. The fourth-order valence-electron chi connectivity index (χ4n) is 2.23. The number of rotatable bonds is 2. The molecular formula is C11H17N. The van der Waals surface area contributed by atoms with E-state index in [-0.39, 0.29) is 0 Å². The highest BCUT2D eigenvalue weighted by Gasteiger charge is 2.20. The van der Waals surface area contributed by atoms with E-state index in [1.165, 1.54) is 25.0 Å². The van der Waals surface area contributed by atoms with Gasteiger partial charge in [-0.2, -0.15) is 0 Å². The molecule has 1 aromatic heterocycles. The summed E-state index contributed by atoms with van der Waals surface area (Å²) in [6.45, 7) is 4.61. The minimum Gasteiger partial charge on any atom is -0.348 e. The van der Waals surface area contributed by atoms with Gasteiger partial charge in [0.05, 0.1) is 0 Å². The Labute approximate surface area is 74.4 Å². The largest absolute Gasteiger partial charge is 0.348 e. The van der Waals surface area contributed by atoms with E-state index in [0.29, 0.717) is 0 Å². The first-order valence-corrected chi connectivity index (χ1v) is 4.93. The van der Waals surface area contributed by atoms with Gasteiger partial charge in [-0.3, -0.25) is 0 Å². The van der Waals surface area contributed by atoms with E-state index in [1.807, 2.05) is 0 Å². The summed E-state index contributed by atoms with van der Waals surface area (Å²) in [5.74, 6) is 0.823. The first kappa shape index (κ1) is 7.90. The second-order valence-electron chi connectivity index (χ2n) is 4.23. The monoisotopic (exact) mass is 163 g/mol. The van der Waals surface area contributed by atoms with Crippen LogP contribution in [0.25, 0.3) is 0 Å². The zero-order chi connectivity index (χ0) is 8.55. The number of fused-ring (bicyclic) bond motifs is 1. The lowest BCUT2D eigenvalue weighted by Crippen LogP contribution is -2.05. The molecule has 0 radical (unpaired) electrons. The van der Waals surface area contributed by atoms with Crippen LogP contribution in [0.1, 0.15) is 38.4 Å². The van der Waals surface area contributed by atoms with Crippen molar-refractivity contribution in [1.82, 2.24) is 4.57 Å². The minimum atomic E-state index is 0.787. The summed E-state index contributed by atoms with van der Waals surface area (Å²) in [7, 11) is 0. The van der Waals surface area contributed by atoms with Gasteiger partial charge in [0, 0.05) is 17.9 Å². The van der Waals surface area contributed by atoms with Crippen molar-refractivity contribution in [1.29, 1.82) is 0 Å². The van der Waals surface area contributed by atoms with Crippen LogP contribution in [0, 0.1) is 5.92 Å². The van der Waals surface area contributed by atoms with Crippen LogP contribution in [0.5, 0.6) is 0 Å². The molecule has 0 spiro atoms. The third-order valence-corrected chi connectivity index (χ3v) is 2.74. The number of aromatic nitrogens is 1. The molecule has 12 heavy (non-hydrogen) atoms. The first-order chi connectivity index (χ1) is 5.77. The molecule has 1 aromatic rings. The molecule has 0 amide bonds. The highest BCUT2D eigenvalue weighted by atomic mass is 15.0. The number of hydrogen-bond acceptors (Lipinski definition) is 0. The lowest BCUT2D eigenvalue weighted by Gasteiger charge is -2.15. The second-order valence-corrected chi connectivity index (χ2v) is 4.23. The van der Waals surface area contributed by atoms with E-state index in [4.69, 9.17) is 0 Å². The van der Waals surface area contributed by atoms with Crippen molar-refractivity contribution in [2.24, 2.45) is 5.92 Å². The average Bonchev–Trinajstić information content (AvgIpc) is 2.52. The maximum atomic E-state index is 2.46. The number of hydrogen-bond donors (Lipinski definition) is 0. The molecule has 1 atom stereocenters. The zero-order valence-electron chi connectivity index (χ0n) is 7.96. The molecule has 0 saturated heterocycles. The summed E-state index contributed by atoms with van der Waals surface area (Å²) in [6, 6.07) is 5.21. The Kier molecular flexibility index (Phi) is 1.95. The average molecular weight is 163 g/mol. The Bertz CT molecular complexity index is 260. The van der Waals surface area contributed by atoms with Crippen molar-refractivity contribution >= 4 is 0 Å². The normalized spacial score (nSPS) is 21.8. The maximum absolute atomic E-state index is 2.46. The van der Waals surface area contributed by atoms with E-state index in [0.717, 1.165) is 12.0 Å². The van der Waals surface area contributed by atoms with E-state index < -0.39 is 0 Å². The third-order valence-electron chi connectivity index (χ3n) is 2.74. The van der Waals surface area contributed by atoms with Gasteiger partial charge in [-0.15, -0.1) is 0 Å². The topological polar surface area (TPSA) is 4.93 Å². The van der Waals surface area contributed by atoms with Gasteiger partial charge in [-0.05, 0) is 37.3 Å². The number of nitrogens with zero attached hydrogens (tertiary/aromatic N) is 1. The molecular weight excluding hydrogens is 146 g/mol. The molecule has 1 nitrogen and oxygen atoms in total. The molecule has 0 aromatic carbocycles. The highest BCUT2D eigenvalue weighted by molar-refractivity contribution is 5.13.